The molecule has 1 aliphatic rings. The molecule has 0 unspecified atom stereocenters. The minimum Gasteiger partial charge on any atom is -0.383 e. The molecule has 1 fully saturated rings. The fourth-order valence-corrected chi connectivity index (χ4v) is 2.20. The van der Waals surface area contributed by atoms with Gasteiger partial charge in [0.15, 0.2) is 0 Å². The van der Waals surface area contributed by atoms with E-state index in [1.54, 1.807) is 12.1 Å². The molecule has 6 heteroatoms. The van der Waals surface area contributed by atoms with E-state index in [1.165, 1.54) is 6.07 Å². The summed E-state index contributed by atoms with van der Waals surface area (Å²) in [5.41, 5.74) is 2.02. The van der Waals surface area contributed by atoms with Crippen LogP contribution < -0.4 is 10.6 Å². The van der Waals surface area contributed by atoms with E-state index in [0.29, 0.717) is 0 Å². The molecule has 1 aromatic carbocycles. The van der Waals surface area contributed by atoms with Gasteiger partial charge in [-0.15, -0.1) is 0 Å². The summed E-state index contributed by atoms with van der Waals surface area (Å²) >= 11 is 0. The Kier molecular flexibility index (Phi) is 4.70. The van der Waals surface area contributed by atoms with Gasteiger partial charge in [0.05, 0.1) is 4.92 Å². The van der Waals surface area contributed by atoms with Crippen molar-refractivity contribution in [3.63, 3.8) is 0 Å². The van der Waals surface area contributed by atoms with Gasteiger partial charge < -0.3 is 10.6 Å². The zero-order chi connectivity index (χ0) is 13.7. The van der Waals surface area contributed by atoms with E-state index in [1.807, 2.05) is 6.92 Å². The minimum atomic E-state index is -0.360. The van der Waals surface area contributed by atoms with E-state index >= 15 is 0 Å². The van der Waals surface area contributed by atoms with Crippen LogP contribution in [-0.2, 0) is 0 Å². The number of piperazine rings is 1. The third-order valence-electron chi connectivity index (χ3n) is 3.39. The molecule has 0 radical (unpaired) electrons. The van der Waals surface area contributed by atoms with Crippen molar-refractivity contribution in [1.82, 2.24) is 10.2 Å². The van der Waals surface area contributed by atoms with E-state index in [2.05, 4.69) is 15.5 Å². The number of benzene rings is 1. The monoisotopic (exact) mass is 264 g/mol. The maximum Gasteiger partial charge on any atom is 0.271 e. The van der Waals surface area contributed by atoms with E-state index in [9.17, 15) is 10.1 Å². The van der Waals surface area contributed by atoms with Crippen LogP contribution in [0.5, 0.6) is 0 Å². The largest absolute Gasteiger partial charge is 0.383 e. The Bertz CT molecular complexity index is 444. The van der Waals surface area contributed by atoms with Crippen LogP contribution in [0.3, 0.4) is 0 Å². The number of non-ortho nitro benzene ring substituents is 1. The highest BCUT2D eigenvalue weighted by molar-refractivity contribution is 5.56. The second kappa shape index (κ2) is 6.49. The predicted molar refractivity (Wildman–Crippen MR) is 75.6 cm³/mol. The van der Waals surface area contributed by atoms with E-state index < -0.39 is 0 Å². The first-order valence-corrected chi connectivity index (χ1v) is 6.59. The number of aryl methyl sites for hydroxylation is 1. The lowest BCUT2D eigenvalue weighted by atomic mass is 10.2. The Hall–Kier alpha value is -1.66. The zero-order valence-corrected chi connectivity index (χ0v) is 11.2. The van der Waals surface area contributed by atoms with Crippen molar-refractivity contribution in [3.8, 4) is 0 Å². The molecule has 0 amide bonds. The molecule has 19 heavy (non-hydrogen) atoms. The van der Waals surface area contributed by atoms with Crippen molar-refractivity contribution < 1.29 is 4.92 Å². The number of rotatable bonds is 5. The van der Waals surface area contributed by atoms with Crippen LogP contribution in [0.4, 0.5) is 11.4 Å². The van der Waals surface area contributed by atoms with Gasteiger partial charge in [0, 0.05) is 57.1 Å². The lowest BCUT2D eigenvalue weighted by molar-refractivity contribution is -0.384. The Balaban J connectivity index is 1.87. The van der Waals surface area contributed by atoms with Crippen molar-refractivity contribution >= 4 is 11.4 Å². The lowest BCUT2D eigenvalue weighted by Crippen LogP contribution is -2.45. The summed E-state index contributed by atoms with van der Waals surface area (Å²) in [5, 5.41) is 17.4. The van der Waals surface area contributed by atoms with E-state index in [-0.39, 0.29) is 10.6 Å². The molecule has 0 aromatic heterocycles. The lowest BCUT2D eigenvalue weighted by Gasteiger charge is -2.27. The molecule has 1 heterocycles. The Morgan fingerprint density at radius 2 is 2.16 bits per heavy atom. The standard InChI is InChI=1S/C13H20N4O2/c1-11-2-3-12(17(18)19)10-13(11)15-6-9-16-7-4-14-5-8-16/h2-3,10,14-15H,4-9H2,1H3. The van der Waals surface area contributed by atoms with E-state index in [0.717, 1.165) is 50.5 Å². The number of hydrogen-bond acceptors (Lipinski definition) is 5. The van der Waals surface area contributed by atoms with Crippen LogP contribution in [0.15, 0.2) is 18.2 Å². The first-order chi connectivity index (χ1) is 9.16. The molecule has 1 aromatic rings. The summed E-state index contributed by atoms with van der Waals surface area (Å²) in [6.07, 6.45) is 0. The number of hydrogen-bond donors (Lipinski definition) is 2. The maximum atomic E-state index is 10.7. The summed E-state index contributed by atoms with van der Waals surface area (Å²) in [6, 6.07) is 4.93. The van der Waals surface area contributed by atoms with Crippen LogP contribution in [0.2, 0.25) is 0 Å². The number of nitro benzene ring substituents is 1. The molecule has 0 spiro atoms. The van der Waals surface area contributed by atoms with Crippen molar-refractivity contribution in [2.45, 2.75) is 6.92 Å². The molecular weight excluding hydrogens is 244 g/mol. The molecule has 2 N–H and O–H groups in total. The molecule has 0 saturated carbocycles. The SMILES string of the molecule is Cc1ccc([N+](=O)[O-])cc1NCCN1CCNCC1. The molecule has 0 bridgehead atoms. The number of anilines is 1. The van der Waals surface area contributed by atoms with Gasteiger partial charge >= 0.3 is 0 Å². The van der Waals surface area contributed by atoms with Crippen LogP contribution in [0, 0.1) is 17.0 Å². The quantitative estimate of drug-likeness (QED) is 0.618. The van der Waals surface area contributed by atoms with Crippen LogP contribution in [0.25, 0.3) is 0 Å². The third-order valence-corrected chi connectivity index (χ3v) is 3.39. The Morgan fingerprint density at radius 1 is 1.42 bits per heavy atom. The Labute approximate surface area is 112 Å². The van der Waals surface area contributed by atoms with Gasteiger partial charge in [-0.2, -0.15) is 0 Å². The zero-order valence-electron chi connectivity index (χ0n) is 11.2. The second-order valence-electron chi connectivity index (χ2n) is 4.77. The second-order valence-corrected chi connectivity index (χ2v) is 4.77. The average molecular weight is 264 g/mol. The predicted octanol–water partition coefficient (Wildman–Crippen LogP) is 1.22. The number of nitro groups is 1. The summed E-state index contributed by atoms with van der Waals surface area (Å²) in [4.78, 5) is 12.8. The molecule has 104 valence electrons. The van der Waals surface area contributed by atoms with Crippen molar-refractivity contribution in [2.75, 3.05) is 44.6 Å². The fraction of sp³-hybridized carbons (Fsp3) is 0.538. The maximum absolute atomic E-state index is 10.7. The summed E-state index contributed by atoms with van der Waals surface area (Å²) in [6.45, 7) is 7.93. The average Bonchev–Trinajstić information content (AvgIpc) is 2.42. The number of nitrogens with zero attached hydrogens (tertiary/aromatic N) is 2. The summed E-state index contributed by atoms with van der Waals surface area (Å²) < 4.78 is 0. The van der Waals surface area contributed by atoms with E-state index in [4.69, 9.17) is 0 Å². The highest BCUT2D eigenvalue weighted by atomic mass is 16.6. The summed E-state index contributed by atoms with van der Waals surface area (Å²) in [7, 11) is 0. The van der Waals surface area contributed by atoms with Crippen molar-refractivity contribution in [1.29, 1.82) is 0 Å². The highest BCUT2D eigenvalue weighted by Crippen LogP contribution is 2.21. The normalized spacial score (nSPS) is 16.3. The first-order valence-electron chi connectivity index (χ1n) is 6.59. The van der Waals surface area contributed by atoms with Crippen LogP contribution >= 0.6 is 0 Å². The number of nitrogens with one attached hydrogen (secondary N) is 2. The molecule has 1 saturated heterocycles. The van der Waals surface area contributed by atoms with Gasteiger partial charge in [-0.25, -0.2) is 0 Å². The van der Waals surface area contributed by atoms with Gasteiger partial charge in [-0.1, -0.05) is 6.07 Å². The first kappa shape index (κ1) is 13.8. The smallest absolute Gasteiger partial charge is 0.271 e. The van der Waals surface area contributed by atoms with Crippen LogP contribution in [0.1, 0.15) is 5.56 Å². The molecular formula is C13H20N4O2. The van der Waals surface area contributed by atoms with Gasteiger partial charge in [0.2, 0.25) is 0 Å². The molecule has 0 aliphatic carbocycles. The molecule has 6 nitrogen and oxygen atoms in total. The molecule has 2 rings (SSSR count). The molecule has 0 atom stereocenters. The minimum absolute atomic E-state index is 0.135. The van der Waals surface area contributed by atoms with Gasteiger partial charge in [-0.3, -0.25) is 15.0 Å². The topological polar surface area (TPSA) is 70.4 Å². The van der Waals surface area contributed by atoms with Gasteiger partial charge in [0.25, 0.3) is 5.69 Å². The fourth-order valence-electron chi connectivity index (χ4n) is 2.20. The highest BCUT2D eigenvalue weighted by Gasteiger charge is 2.10. The van der Waals surface area contributed by atoms with Crippen molar-refractivity contribution in [3.05, 3.63) is 33.9 Å². The van der Waals surface area contributed by atoms with Gasteiger partial charge in [0.1, 0.15) is 0 Å². The third kappa shape index (κ3) is 3.90. The Morgan fingerprint density at radius 3 is 2.84 bits per heavy atom. The summed E-state index contributed by atoms with van der Waals surface area (Å²) in [5.74, 6) is 0. The van der Waals surface area contributed by atoms with Crippen molar-refractivity contribution in [2.24, 2.45) is 0 Å². The van der Waals surface area contributed by atoms with Crippen LogP contribution in [-0.4, -0.2) is 49.1 Å². The molecule has 1 aliphatic heterocycles. The van der Waals surface area contributed by atoms with Gasteiger partial charge in [-0.05, 0) is 12.5 Å².